The van der Waals surface area contributed by atoms with Crippen LogP contribution in [0.5, 0.6) is 0 Å². The standard InChI is InChI=1S/C17H27N5OS/c1-12(2)6-17-20-16(21-23-17)10-22(8-14-4-5-18-7-14)9-15-13(3)19-11-24-15/h11-12,14,18H,4-10H2,1-3H3. The van der Waals surface area contributed by atoms with Gasteiger partial charge in [0.15, 0.2) is 5.82 Å². The Balaban J connectivity index is 1.66. The fourth-order valence-electron chi connectivity index (χ4n) is 3.09. The highest BCUT2D eigenvalue weighted by molar-refractivity contribution is 7.09. The van der Waals surface area contributed by atoms with Crippen molar-refractivity contribution >= 4 is 11.3 Å². The molecule has 24 heavy (non-hydrogen) atoms. The van der Waals surface area contributed by atoms with Gasteiger partial charge < -0.3 is 9.84 Å². The van der Waals surface area contributed by atoms with E-state index in [9.17, 15) is 0 Å². The van der Waals surface area contributed by atoms with Gasteiger partial charge in [-0.3, -0.25) is 4.90 Å². The Morgan fingerprint density at radius 2 is 2.29 bits per heavy atom. The third-order valence-electron chi connectivity index (χ3n) is 4.35. The Hall–Kier alpha value is -1.31. The number of nitrogens with zero attached hydrogens (tertiary/aromatic N) is 4. The predicted molar refractivity (Wildman–Crippen MR) is 94.8 cm³/mol. The Kier molecular flexibility index (Phi) is 5.97. The van der Waals surface area contributed by atoms with Crippen molar-refractivity contribution in [2.24, 2.45) is 11.8 Å². The summed E-state index contributed by atoms with van der Waals surface area (Å²) in [4.78, 5) is 12.7. The van der Waals surface area contributed by atoms with Gasteiger partial charge >= 0.3 is 0 Å². The van der Waals surface area contributed by atoms with Crippen LogP contribution in [0.2, 0.25) is 0 Å². The van der Waals surface area contributed by atoms with Crippen LogP contribution in [0.1, 0.15) is 42.6 Å². The number of aryl methyl sites for hydroxylation is 1. The van der Waals surface area contributed by atoms with Crippen LogP contribution in [-0.4, -0.2) is 39.7 Å². The molecule has 132 valence electrons. The third-order valence-corrected chi connectivity index (χ3v) is 5.27. The number of nitrogens with one attached hydrogen (secondary N) is 1. The van der Waals surface area contributed by atoms with Gasteiger partial charge in [-0.05, 0) is 38.3 Å². The van der Waals surface area contributed by atoms with Crippen LogP contribution in [0.15, 0.2) is 10.0 Å². The van der Waals surface area contributed by atoms with Crippen LogP contribution >= 0.6 is 11.3 Å². The molecule has 0 aliphatic carbocycles. The quantitative estimate of drug-likeness (QED) is 0.790. The number of hydrogen-bond acceptors (Lipinski definition) is 7. The molecule has 0 spiro atoms. The highest BCUT2D eigenvalue weighted by Crippen LogP contribution is 2.19. The van der Waals surface area contributed by atoms with E-state index >= 15 is 0 Å². The molecule has 1 unspecified atom stereocenters. The lowest BCUT2D eigenvalue weighted by atomic mass is 10.1. The van der Waals surface area contributed by atoms with Gasteiger partial charge in [0.25, 0.3) is 0 Å². The molecule has 1 aliphatic rings. The van der Waals surface area contributed by atoms with E-state index in [1.54, 1.807) is 11.3 Å². The minimum absolute atomic E-state index is 0.527. The second-order valence-electron chi connectivity index (χ2n) is 7.09. The first kappa shape index (κ1) is 17.5. The minimum Gasteiger partial charge on any atom is -0.339 e. The Morgan fingerprint density at radius 1 is 1.42 bits per heavy atom. The Bertz CT molecular complexity index is 632. The van der Waals surface area contributed by atoms with Crippen molar-refractivity contribution in [3.8, 4) is 0 Å². The molecule has 1 atom stereocenters. The zero-order valence-electron chi connectivity index (χ0n) is 14.8. The molecule has 0 saturated carbocycles. The lowest BCUT2D eigenvalue weighted by molar-refractivity contribution is 0.214. The van der Waals surface area contributed by atoms with Gasteiger partial charge in [0.05, 0.1) is 17.7 Å². The van der Waals surface area contributed by atoms with Crippen LogP contribution in [-0.2, 0) is 19.5 Å². The zero-order chi connectivity index (χ0) is 16.9. The first-order chi connectivity index (χ1) is 11.6. The fraction of sp³-hybridized carbons (Fsp3) is 0.706. The SMILES string of the molecule is Cc1ncsc1CN(Cc1noc(CC(C)C)n1)CC1CCNC1. The normalized spacial score (nSPS) is 18.1. The monoisotopic (exact) mass is 349 g/mol. The molecule has 3 rings (SSSR count). The molecule has 0 bridgehead atoms. The first-order valence-electron chi connectivity index (χ1n) is 8.73. The van der Waals surface area contributed by atoms with Gasteiger partial charge in [0, 0.05) is 24.4 Å². The van der Waals surface area contributed by atoms with Crippen LogP contribution < -0.4 is 5.32 Å². The molecule has 0 radical (unpaired) electrons. The summed E-state index contributed by atoms with van der Waals surface area (Å²) < 4.78 is 5.40. The smallest absolute Gasteiger partial charge is 0.226 e. The highest BCUT2D eigenvalue weighted by Gasteiger charge is 2.21. The summed E-state index contributed by atoms with van der Waals surface area (Å²) in [7, 11) is 0. The molecule has 1 fully saturated rings. The summed E-state index contributed by atoms with van der Waals surface area (Å²) in [5.74, 6) is 2.76. The van der Waals surface area contributed by atoms with Crippen LogP contribution in [0.25, 0.3) is 0 Å². The van der Waals surface area contributed by atoms with Gasteiger partial charge in [-0.25, -0.2) is 4.98 Å². The average molecular weight is 350 g/mol. The molecular weight excluding hydrogens is 322 g/mol. The number of rotatable bonds is 8. The van der Waals surface area contributed by atoms with Crippen molar-refractivity contribution in [3.05, 3.63) is 27.8 Å². The van der Waals surface area contributed by atoms with Gasteiger partial charge in [-0.15, -0.1) is 11.3 Å². The molecule has 0 aromatic carbocycles. The molecule has 1 saturated heterocycles. The average Bonchev–Trinajstić information content (AvgIpc) is 3.24. The van der Waals surface area contributed by atoms with Crippen molar-refractivity contribution in [3.63, 3.8) is 0 Å². The van der Waals surface area contributed by atoms with Gasteiger partial charge in [-0.2, -0.15) is 4.98 Å². The molecule has 2 aromatic rings. The van der Waals surface area contributed by atoms with E-state index in [-0.39, 0.29) is 0 Å². The zero-order valence-corrected chi connectivity index (χ0v) is 15.6. The number of aromatic nitrogens is 3. The third kappa shape index (κ3) is 4.84. The molecule has 2 aromatic heterocycles. The summed E-state index contributed by atoms with van der Waals surface area (Å²) >= 11 is 1.73. The van der Waals surface area contributed by atoms with E-state index in [0.717, 1.165) is 56.6 Å². The molecule has 1 aliphatic heterocycles. The summed E-state index contributed by atoms with van der Waals surface area (Å²) in [6.07, 6.45) is 2.08. The maximum absolute atomic E-state index is 5.40. The van der Waals surface area contributed by atoms with Crippen molar-refractivity contribution in [1.29, 1.82) is 0 Å². The minimum atomic E-state index is 0.527. The maximum Gasteiger partial charge on any atom is 0.226 e. The van der Waals surface area contributed by atoms with Gasteiger partial charge in [0.2, 0.25) is 5.89 Å². The van der Waals surface area contributed by atoms with Gasteiger partial charge in [-0.1, -0.05) is 19.0 Å². The van der Waals surface area contributed by atoms with Crippen LogP contribution in [0.4, 0.5) is 0 Å². The lowest BCUT2D eigenvalue weighted by Crippen LogP contribution is -2.30. The van der Waals surface area contributed by atoms with Crippen molar-refractivity contribution < 1.29 is 4.52 Å². The van der Waals surface area contributed by atoms with E-state index in [4.69, 9.17) is 4.52 Å². The largest absolute Gasteiger partial charge is 0.339 e. The first-order valence-corrected chi connectivity index (χ1v) is 9.61. The van der Waals surface area contributed by atoms with Crippen LogP contribution in [0, 0.1) is 18.8 Å². The Morgan fingerprint density at radius 3 is 2.96 bits per heavy atom. The van der Waals surface area contributed by atoms with Crippen molar-refractivity contribution in [2.45, 2.75) is 46.7 Å². The lowest BCUT2D eigenvalue weighted by Gasteiger charge is -2.23. The summed E-state index contributed by atoms with van der Waals surface area (Å²) in [5, 5.41) is 7.63. The predicted octanol–water partition coefficient (Wildman–Crippen LogP) is 2.64. The molecule has 0 amide bonds. The molecule has 3 heterocycles. The van der Waals surface area contributed by atoms with E-state index in [1.165, 1.54) is 11.3 Å². The number of thiazole rings is 1. The van der Waals surface area contributed by atoms with Gasteiger partial charge in [0.1, 0.15) is 0 Å². The summed E-state index contributed by atoms with van der Waals surface area (Å²) in [5.41, 5.74) is 3.05. The van der Waals surface area contributed by atoms with E-state index in [2.05, 4.69) is 46.1 Å². The molecular formula is C17H27N5OS. The summed E-state index contributed by atoms with van der Waals surface area (Å²) in [6, 6.07) is 0. The second-order valence-corrected chi connectivity index (χ2v) is 8.03. The van der Waals surface area contributed by atoms with E-state index in [0.29, 0.717) is 11.8 Å². The second kappa shape index (κ2) is 8.18. The maximum atomic E-state index is 5.40. The van der Waals surface area contributed by atoms with E-state index in [1.807, 2.05) is 5.51 Å². The summed E-state index contributed by atoms with van der Waals surface area (Å²) in [6.45, 7) is 11.3. The van der Waals surface area contributed by atoms with Crippen molar-refractivity contribution in [1.82, 2.24) is 25.3 Å². The fourth-order valence-corrected chi connectivity index (χ4v) is 3.91. The van der Waals surface area contributed by atoms with Crippen LogP contribution in [0.3, 0.4) is 0 Å². The molecule has 6 nitrogen and oxygen atoms in total. The van der Waals surface area contributed by atoms with E-state index < -0.39 is 0 Å². The Labute approximate surface area is 147 Å². The topological polar surface area (TPSA) is 67.1 Å². The van der Waals surface area contributed by atoms with Crippen molar-refractivity contribution in [2.75, 3.05) is 19.6 Å². The molecule has 7 heteroatoms. The molecule has 1 N–H and O–H groups in total. The highest BCUT2D eigenvalue weighted by atomic mass is 32.1. The number of hydrogen-bond donors (Lipinski definition) is 1.